The van der Waals surface area contributed by atoms with Gasteiger partial charge in [-0.15, -0.1) is 0 Å². The van der Waals surface area contributed by atoms with Gasteiger partial charge in [0.25, 0.3) is 17.7 Å². The minimum absolute atomic E-state index is 0.186. The van der Waals surface area contributed by atoms with Crippen LogP contribution in [0.1, 0.15) is 66.7 Å². The number of nitrogens with two attached hydrogens (primary N) is 1. The number of nitrogen functional groups attached to an aromatic ring is 1. The SMILES string of the molecule is Cc1cc(NC(=O)c2ccccc2N)ccc1C(=O)Nc1ccc(C(=O)N2CCCC(O)c3cc(Cl)ccc32)c(C)c1. The van der Waals surface area contributed by atoms with Crippen molar-refractivity contribution in [2.24, 2.45) is 0 Å². The number of halogens is 1. The Morgan fingerprint density at radius 2 is 1.45 bits per heavy atom. The Labute approximate surface area is 249 Å². The number of nitrogens with one attached hydrogen (secondary N) is 2. The molecule has 3 amide bonds. The van der Waals surface area contributed by atoms with Crippen molar-refractivity contribution in [3.05, 3.63) is 117 Å². The Hall–Kier alpha value is -4.66. The molecular weight excluding hydrogens is 552 g/mol. The van der Waals surface area contributed by atoms with Crippen molar-refractivity contribution in [1.29, 1.82) is 0 Å². The van der Waals surface area contributed by atoms with Crippen molar-refractivity contribution < 1.29 is 19.5 Å². The third-order valence-electron chi connectivity index (χ3n) is 7.39. The zero-order valence-electron chi connectivity index (χ0n) is 23.3. The quantitative estimate of drug-likeness (QED) is 0.199. The van der Waals surface area contributed by atoms with Gasteiger partial charge in [-0.25, -0.2) is 0 Å². The largest absolute Gasteiger partial charge is 0.398 e. The number of hydrogen-bond acceptors (Lipinski definition) is 5. The predicted molar refractivity (Wildman–Crippen MR) is 166 cm³/mol. The summed E-state index contributed by atoms with van der Waals surface area (Å²) in [4.78, 5) is 41.0. The highest BCUT2D eigenvalue weighted by molar-refractivity contribution is 6.30. The second-order valence-electron chi connectivity index (χ2n) is 10.4. The first kappa shape index (κ1) is 28.9. The summed E-state index contributed by atoms with van der Waals surface area (Å²) in [5.74, 6) is -0.837. The molecular formula is C33H31ClN4O4. The fraction of sp³-hybridized carbons (Fsp3) is 0.182. The highest BCUT2D eigenvalue weighted by Gasteiger charge is 2.27. The van der Waals surface area contributed by atoms with E-state index in [0.29, 0.717) is 80.5 Å². The minimum Gasteiger partial charge on any atom is -0.398 e. The molecule has 9 heteroatoms. The second-order valence-corrected chi connectivity index (χ2v) is 10.8. The molecule has 0 spiro atoms. The van der Waals surface area contributed by atoms with E-state index in [1.54, 1.807) is 90.7 Å². The van der Waals surface area contributed by atoms with Crippen molar-refractivity contribution >= 4 is 52.1 Å². The molecule has 214 valence electrons. The van der Waals surface area contributed by atoms with Crippen molar-refractivity contribution in [3.8, 4) is 0 Å². The number of benzene rings is 4. The molecule has 42 heavy (non-hydrogen) atoms. The summed E-state index contributed by atoms with van der Waals surface area (Å²) < 4.78 is 0. The van der Waals surface area contributed by atoms with Crippen molar-refractivity contribution in [2.45, 2.75) is 32.8 Å². The third-order valence-corrected chi connectivity index (χ3v) is 7.63. The molecule has 0 fully saturated rings. The van der Waals surface area contributed by atoms with E-state index in [1.165, 1.54) is 0 Å². The van der Waals surface area contributed by atoms with Gasteiger partial charge in [-0.3, -0.25) is 14.4 Å². The van der Waals surface area contributed by atoms with Crippen LogP contribution in [0, 0.1) is 13.8 Å². The van der Waals surface area contributed by atoms with E-state index in [2.05, 4.69) is 10.6 Å². The zero-order chi connectivity index (χ0) is 30.0. The lowest BCUT2D eigenvalue weighted by atomic mass is 10.0. The van der Waals surface area contributed by atoms with Crippen LogP contribution in [0.5, 0.6) is 0 Å². The lowest BCUT2D eigenvalue weighted by Crippen LogP contribution is -2.32. The number of nitrogens with zero attached hydrogens (tertiary/aromatic N) is 1. The predicted octanol–water partition coefficient (Wildman–Crippen LogP) is 6.52. The molecule has 1 unspecified atom stereocenters. The van der Waals surface area contributed by atoms with E-state index in [0.717, 1.165) is 0 Å². The normalized spacial score (nSPS) is 14.5. The van der Waals surface area contributed by atoms with Gasteiger partial charge < -0.3 is 26.4 Å². The molecule has 0 aromatic heterocycles. The molecule has 1 heterocycles. The summed E-state index contributed by atoms with van der Waals surface area (Å²) in [7, 11) is 0. The third kappa shape index (κ3) is 6.00. The molecule has 5 rings (SSSR count). The molecule has 0 bridgehead atoms. The van der Waals surface area contributed by atoms with E-state index in [9.17, 15) is 19.5 Å². The molecule has 1 aliphatic heterocycles. The first-order valence-corrected chi connectivity index (χ1v) is 14.0. The maximum Gasteiger partial charge on any atom is 0.258 e. The fourth-order valence-electron chi connectivity index (χ4n) is 5.19. The van der Waals surface area contributed by atoms with Crippen LogP contribution < -0.4 is 21.3 Å². The lowest BCUT2D eigenvalue weighted by Gasteiger charge is -2.24. The van der Waals surface area contributed by atoms with E-state index in [-0.39, 0.29) is 17.7 Å². The summed E-state index contributed by atoms with van der Waals surface area (Å²) in [6.45, 7) is 4.08. The summed E-state index contributed by atoms with van der Waals surface area (Å²) in [6, 6.07) is 22.2. The Kier molecular flexibility index (Phi) is 8.29. The van der Waals surface area contributed by atoms with E-state index in [4.69, 9.17) is 17.3 Å². The van der Waals surface area contributed by atoms with Crippen LogP contribution in [0.4, 0.5) is 22.7 Å². The average Bonchev–Trinajstić information content (AvgIpc) is 3.11. The number of aryl methyl sites for hydroxylation is 2. The maximum atomic E-state index is 13.6. The number of aliphatic hydroxyl groups excluding tert-OH is 1. The van der Waals surface area contributed by atoms with E-state index >= 15 is 0 Å². The number of rotatable bonds is 5. The van der Waals surface area contributed by atoms with Crippen LogP contribution in [0.2, 0.25) is 5.02 Å². The van der Waals surface area contributed by atoms with Crippen LogP contribution >= 0.6 is 11.6 Å². The number of fused-ring (bicyclic) bond motifs is 1. The number of carbonyl (C=O) groups is 3. The molecule has 8 nitrogen and oxygen atoms in total. The number of para-hydroxylation sites is 1. The lowest BCUT2D eigenvalue weighted by molar-refractivity contribution is 0.0983. The molecule has 1 atom stereocenters. The monoisotopic (exact) mass is 582 g/mol. The minimum atomic E-state index is -0.688. The molecule has 4 aromatic carbocycles. The highest BCUT2D eigenvalue weighted by Crippen LogP contribution is 2.36. The molecule has 4 aromatic rings. The number of hydrogen-bond donors (Lipinski definition) is 4. The van der Waals surface area contributed by atoms with Crippen LogP contribution in [0.25, 0.3) is 0 Å². The molecule has 0 radical (unpaired) electrons. The molecule has 0 aliphatic carbocycles. The van der Waals surface area contributed by atoms with Gasteiger partial charge in [0.2, 0.25) is 0 Å². The molecule has 0 saturated heterocycles. The van der Waals surface area contributed by atoms with Crippen molar-refractivity contribution in [3.63, 3.8) is 0 Å². The van der Waals surface area contributed by atoms with Gasteiger partial charge >= 0.3 is 0 Å². The van der Waals surface area contributed by atoms with Gasteiger partial charge in [0.05, 0.1) is 11.7 Å². The smallest absolute Gasteiger partial charge is 0.258 e. The highest BCUT2D eigenvalue weighted by atomic mass is 35.5. The first-order valence-electron chi connectivity index (χ1n) is 13.6. The Bertz CT molecular complexity index is 1700. The zero-order valence-corrected chi connectivity index (χ0v) is 24.0. The summed E-state index contributed by atoms with van der Waals surface area (Å²) in [5.41, 5.74) is 11.4. The van der Waals surface area contributed by atoms with Crippen LogP contribution in [-0.4, -0.2) is 29.4 Å². The van der Waals surface area contributed by atoms with Crippen molar-refractivity contribution in [1.82, 2.24) is 0 Å². The standard InChI is InChI=1S/C33H31ClN4O4/c1-19-16-22(37-32(41)26-6-3-4-7-28(26)35)10-12-24(19)31(40)36-23-11-13-25(20(2)17-23)33(42)38-15-5-8-30(39)27-18-21(34)9-14-29(27)38/h3-4,6-7,9-14,16-18,30,39H,5,8,15,35H2,1-2H3,(H,36,40)(H,37,41). The number of anilines is 4. The summed E-state index contributed by atoms with van der Waals surface area (Å²) in [5, 5.41) is 16.8. The van der Waals surface area contributed by atoms with E-state index < -0.39 is 6.10 Å². The Morgan fingerprint density at radius 3 is 2.10 bits per heavy atom. The van der Waals surface area contributed by atoms with Crippen LogP contribution in [0.15, 0.2) is 78.9 Å². The van der Waals surface area contributed by atoms with Gasteiger partial charge in [-0.1, -0.05) is 23.7 Å². The Balaban J connectivity index is 1.30. The molecule has 5 N–H and O–H groups in total. The van der Waals surface area contributed by atoms with Gasteiger partial charge in [0.15, 0.2) is 0 Å². The van der Waals surface area contributed by atoms with Gasteiger partial charge in [-0.05, 0) is 105 Å². The van der Waals surface area contributed by atoms with Crippen molar-refractivity contribution in [2.75, 3.05) is 27.8 Å². The van der Waals surface area contributed by atoms with Gasteiger partial charge in [-0.2, -0.15) is 0 Å². The summed E-state index contributed by atoms with van der Waals surface area (Å²) >= 11 is 6.16. The Morgan fingerprint density at radius 1 is 0.833 bits per heavy atom. The average molecular weight is 583 g/mol. The van der Waals surface area contributed by atoms with Crippen LogP contribution in [-0.2, 0) is 0 Å². The van der Waals surface area contributed by atoms with Gasteiger partial charge in [0.1, 0.15) is 0 Å². The first-order chi connectivity index (χ1) is 20.1. The summed E-state index contributed by atoms with van der Waals surface area (Å²) in [6.07, 6.45) is 0.496. The van der Waals surface area contributed by atoms with E-state index in [1.807, 2.05) is 6.92 Å². The number of aliphatic hydroxyl groups is 1. The molecule has 0 saturated carbocycles. The maximum absolute atomic E-state index is 13.6. The number of carbonyl (C=O) groups excluding carboxylic acids is 3. The van der Waals surface area contributed by atoms with Crippen LogP contribution in [0.3, 0.4) is 0 Å². The van der Waals surface area contributed by atoms with Gasteiger partial charge in [0, 0.05) is 51.0 Å². The number of amides is 3. The molecule has 1 aliphatic rings. The fourth-order valence-corrected chi connectivity index (χ4v) is 5.37. The second kappa shape index (κ2) is 12.1. The topological polar surface area (TPSA) is 125 Å².